The Balaban J connectivity index is 1.96. The summed E-state index contributed by atoms with van der Waals surface area (Å²) in [6, 6.07) is 7.60. The molecule has 1 aliphatic heterocycles. The maximum atomic E-state index is 10.8. The van der Waals surface area contributed by atoms with Crippen LogP contribution in [0.4, 0.5) is 0 Å². The highest BCUT2D eigenvalue weighted by Gasteiger charge is 2.20. The van der Waals surface area contributed by atoms with Gasteiger partial charge in [0, 0.05) is 6.42 Å². The molecule has 0 amide bonds. The van der Waals surface area contributed by atoms with E-state index in [2.05, 4.69) is 0 Å². The summed E-state index contributed by atoms with van der Waals surface area (Å²) in [6.45, 7) is 2.13. The van der Waals surface area contributed by atoms with Crippen LogP contribution in [0.2, 0.25) is 0 Å². The highest BCUT2D eigenvalue weighted by atomic mass is 16.6. The Morgan fingerprint density at radius 1 is 1.40 bits per heavy atom. The van der Waals surface area contributed by atoms with Crippen molar-refractivity contribution < 1.29 is 14.3 Å². The standard InChI is InChI=1S/C12H14O3/c1-9(13)6-7-10-8-14-11-4-2-3-5-12(11)15-10/h2-5,10H,6-8H2,1H3. The average Bonchev–Trinajstić information content (AvgIpc) is 2.26. The zero-order valence-corrected chi connectivity index (χ0v) is 8.73. The normalized spacial score (nSPS) is 18.6. The summed E-state index contributed by atoms with van der Waals surface area (Å²) in [6.07, 6.45) is 1.28. The van der Waals surface area contributed by atoms with E-state index >= 15 is 0 Å². The Hall–Kier alpha value is -1.51. The maximum absolute atomic E-state index is 10.8. The molecule has 0 aromatic heterocycles. The van der Waals surface area contributed by atoms with Crippen LogP contribution >= 0.6 is 0 Å². The molecule has 0 saturated heterocycles. The Morgan fingerprint density at radius 3 is 2.87 bits per heavy atom. The molecular weight excluding hydrogens is 192 g/mol. The van der Waals surface area contributed by atoms with Gasteiger partial charge in [-0.3, -0.25) is 0 Å². The summed E-state index contributed by atoms with van der Waals surface area (Å²) < 4.78 is 11.2. The molecule has 15 heavy (non-hydrogen) atoms. The van der Waals surface area contributed by atoms with Crippen molar-refractivity contribution in [3.05, 3.63) is 24.3 Å². The number of rotatable bonds is 3. The van der Waals surface area contributed by atoms with Crippen molar-refractivity contribution in [2.75, 3.05) is 6.61 Å². The second-order valence-electron chi connectivity index (χ2n) is 3.74. The van der Waals surface area contributed by atoms with Crippen LogP contribution in [0, 0.1) is 0 Å². The molecular formula is C12H14O3. The molecule has 1 heterocycles. The number of carbonyl (C=O) groups excluding carboxylic acids is 1. The van der Waals surface area contributed by atoms with Gasteiger partial charge in [0.05, 0.1) is 0 Å². The fraction of sp³-hybridized carbons (Fsp3) is 0.417. The van der Waals surface area contributed by atoms with E-state index in [0.717, 1.165) is 17.9 Å². The van der Waals surface area contributed by atoms with Crippen LogP contribution < -0.4 is 9.47 Å². The molecule has 3 nitrogen and oxygen atoms in total. The smallest absolute Gasteiger partial charge is 0.161 e. The van der Waals surface area contributed by atoms with Crippen LogP contribution in [0.1, 0.15) is 19.8 Å². The number of hydrogen-bond donors (Lipinski definition) is 0. The summed E-state index contributed by atoms with van der Waals surface area (Å²) in [5, 5.41) is 0. The Kier molecular flexibility index (Phi) is 2.90. The number of ketones is 1. The van der Waals surface area contributed by atoms with Crippen LogP contribution in [-0.2, 0) is 4.79 Å². The van der Waals surface area contributed by atoms with Crippen molar-refractivity contribution in [2.24, 2.45) is 0 Å². The monoisotopic (exact) mass is 206 g/mol. The molecule has 0 saturated carbocycles. The van der Waals surface area contributed by atoms with E-state index in [1.54, 1.807) is 6.92 Å². The molecule has 0 bridgehead atoms. The van der Waals surface area contributed by atoms with Gasteiger partial charge < -0.3 is 14.3 Å². The van der Waals surface area contributed by atoms with Gasteiger partial charge in [-0.1, -0.05) is 12.1 Å². The van der Waals surface area contributed by atoms with Gasteiger partial charge in [0.15, 0.2) is 11.5 Å². The number of fused-ring (bicyclic) bond motifs is 1. The Morgan fingerprint density at radius 2 is 2.13 bits per heavy atom. The first-order valence-corrected chi connectivity index (χ1v) is 5.13. The largest absolute Gasteiger partial charge is 0.486 e. The lowest BCUT2D eigenvalue weighted by Gasteiger charge is -2.26. The molecule has 2 rings (SSSR count). The van der Waals surface area contributed by atoms with E-state index in [1.165, 1.54) is 0 Å². The highest BCUT2D eigenvalue weighted by molar-refractivity contribution is 5.75. The maximum Gasteiger partial charge on any atom is 0.161 e. The van der Waals surface area contributed by atoms with Crippen molar-refractivity contribution in [3.63, 3.8) is 0 Å². The van der Waals surface area contributed by atoms with Crippen LogP contribution in [0.25, 0.3) is 0 Å². The molecule has 1 unspecified atom stereocenters. The Labute approximate surface area is 89.0 Å². The summed E-state index contributed by atoms with van der Waals surface area (Å²) in [7, 11) is 0. The fourth-order valence-corrected chi connectivity index (χ4v) is 1.57. The van der Waals surface area contributed by atoms with Gasteiger partial charge in [0.1, 0.15) is 18.5 Å². The number of carbonyl (C=O) groups is 1. The third-order valence-corrected chi connectivity index (χ3v) is 2.39. The third kappa shape index (κ3) is 2.49. The van der Waals surface area contributed by atoms with Crippen molar-refractivity contribution in [1.82, 2.24) is 0 Å². The summed E-state index contributed by atoms with van der Waals surface area (Å²) in [4.78, 5) is 10.8. The quantitative estimate of drug-likeness (QED) is 0.760. The second-order valence-corrected chi connectivity index (χ2v) is 3.74. The van der Waals surface area contributed by atoms with E-state index in [9.17, 15) is 4.79 Å². The van der Waals surface area contributed by atoms with E-state index in [1.807, 2.05) is 24.3 Å². The molecule has 1 aliphatic rings. The van der Waals surface area contributed by atoms with Gasteiger partial charge in [-0.2, -0.15) is 0 Å². The molecule has 0 radical (unpaired) electrons. The van der Waals surface area contributed by atoms with Gasteiger partial charge in [-0.15, -0.1) is 0 Å². The molecule has 80 valence electrons. The lowest BCUT2D eigenvalue weighted by Crippen LogP contribution is -2.29. The number of para-hydroxylation sites is 2. The molecule has 0 fully saturated rings. The predicted octanol–water partition coefficient (Wildman–Crippen LogP) is 2.20. The lowest BCUT2D eigenvalue weighted by molar-refractivity contribution is -0.117. The second kappa shape index (κ2) is 4.34. The molecule has 0 aliphatic carbocycles. The fourth-order valence-electron chi connectivity index (χ4n) is 1.57. The van der Waals surface area contributed by atoms with Crippen molar-refractivity contribution in [1.29, 1.82) is 0 Å². The SMILES string of the molecule is CC(=O)CCC1COc2ccccc2O1. The minimum absolute atomic E-state index is 0.00352. The van der Waals surface area contributed by atoms with Crippen molar-refractivity contribution >= 4 is 5.78 Å². The third-order valence-electron chi connectivity index (χ3n) is 2.39. The number of benzene rings is 1. The predicted molar refractivity (Wildman–Crippen MR) is 56.3 cm³/mol. The molecule has 3 heteroatoms. The zero-order chi connectivity index (χ0) is 10.7. The lowest BCUT2D eigenvalue weighted by atomic mass is 10.1. The number of ether oxygens (including phenoxy) is 2. The topological polar surface area (TPSA) is 35.5 Å². The van der Waals surface area contributed by atoms with E-state index in [0.29, 0.717) is 13.0 Å². The first kappa shape index (κ1) is 10.0. The van der Waals surface area contributed by atoms with Crippen LogP contribution in [0.3, 0.4) is 0 Å². The first-order valence-electron chi connectivity index (χ1n) is 5.13. The van der Waals surface area contributed by atoms with Crippen LogP contribution in [0.5, 0.6) is 11.5 Å². The van der Waals surface area contributed by atoms with Crippen LogP contribution in [0.15, 0.2) is 24.3 Å². The summed E-state index contributed by atoms with van der Waals surface area (Å²) in [5.41, 5.74) is 0. The Bertz CT molecular complexity index is 360. The molecule has 0 spiro atoms. The molecule has 0 N–H and O–H groups in total. The number of Topliss-reactive ketones (excluding diaryl/α,β-unsaturated/α-hetero) is 1. The summed E-state index contributed by atoms with van der Waals surface area (Å²) >= 11 is 0. The van der Waals surface area contributed by atoms with Crippen LogP contribution in [-0.4, -0.2) is 18.5 Å². The minimum Gasteiger partial charge on any atom is -0.486 e. The molecule has 1 aromatic rings. The van der Waals surface area contributed by atoms with Gasteiger partial charge in [0.2, 0.25) is 0 Å². The van der Waals surface area contributed by atoms with E-state index in [4.69, 9.17) is 9.47 Å². The first-order chi connectivity index (χ1) is 7.25. The van der Waals surface area contributed by atoms with Crippen molar-refractivity contribution in [3.8, 4) is 11.5 Å². The van der Waals surface area contributed by atoms with Gasteiger partial charge in [-0.05, 0) is 25.5 Å². The number of hydrogen-bond acceptors (Lipinski definition) is 3. The van der Waals surface area contributed by atoms with Gasteiger partial charge in [-0.25, -0.2) is 0 Å². The molecule has 1 aromatic carbocycles. The van der Waals surface area contributed by atoms with E-state index in [-0.39, 0.29) is 11.9 Å². The van der Waals surface area contributed by atoms with Gasteiger partial charge >= 0.3 is 0 Å². The van der Waals surface area contributed by atoms with Gasteiger partial charge in [0.25, 0.3) is 0 Å². The molecule has 1 atom stereocenters. The minimum atomic E-state index is 0.00352. The summed E-state index contributed by atoms with van der Waals surface area (Å²) in [5.74, 6) is 1.76. The van der Waals surface area contributed by atoms with Crippen molar-refractivity contribution in [2.45, 2.75) is 25.9 Å². The highest BCUT2D eigenvalue weighted by Crippen LogP contribution is 2.31. The average molecular weight is 206 g/mol. The van der Waals surface area contributed by atoms with E-state index < -0.39 is 0 Å². The zero-order valence-electron chi connectivity index (χ0n) is 8.73.